The summed E-state index contributed by atoms with van der Waals surface area (Å²) in [5.41, 5.74) is 0.214. The molecule has 0 bridgehead atoms. The topological polar surface area (TPSA) is 95.9 Å². The van der Waals surface area contributed by atoms with Gasteiger partial charge < -0.3 is 20.3 Å². The zero-order valence-corrected chi connectivity index (χ0v) is 12.2. The van der Waals surface area contributed by atoms with Crippen LogP contribution in [0.1, 0.15) is 25.8 Å². The second kappa shape index (κ2) is 7.64. The molecule has 6 nitrogen and oxygen atoms in total. The lowest BCUT2D eigenvalue weighted by atomic mass is 9.86. The van der Waals surface area contributed by atoms with Gasteiger partial charge in [0.25, 0.3) is 0 Å². The van der Waals surface area contributed by atoms with Gasteiger partial charge in [0.2, 0.25) is 0 Å². The number of hydrogen-bond acceptors (Lipinski definition) is 4. The summed E-state index contributed by atoms with van der Waals surface area (Å²) in [5.74, 6) is -1.16. The average molecular weight is 295 g/mol. The number of aliphatic hydroxyl groups is 1. The first kappa shape index (κ1) is 17.0. The minimum Gasteiger partial charge on any atom is -0.480 e. The molecule has 1 unspecified atom stereocenters. The van der Waals surface area contributed by atoms with E-state index in [0.29, 0.717) is 0 Å². The van der Waals surface area contributed by atoms with Gasteiger partial charge in [-0.3, -0.25) is 0 Å². The van der Waals surface area contributed by atoms with Gasteiger partial charge >= 0.3 is 12.1 Å². The molecule has 0 fully saturated rings. The number of hydrogen-bond donors (Lipinski definition) is 3. The minimum absolute atomic E-state index is 0.0718. The molecule has 0 aliphatic carbocycles. The lowest BCUT2D eigenvalue weighted by Crippen LogP contribution is -2.44. The van der Waals surface area contributed by atoms with Crippen LogP contribution in [-0.2, 0) is 16.1 Å². The Morgan fingerprint density at radius 1 is 1.29 bits per heavy atom. The largest absolute Gasteiger partial charge is 0.480 e. The fourth-order valence-corrected chi connectivity index (χ4v) is 1.72. The zero-order chi connectivity index (χ0) is 15.9. The van der Waals surface area contributed by atoms with E-state index in [4.69, 9.17) is 9.84 Å². The Kier molecular flexibility index (Phi) is 6.17. The van der Waals surface area contributed by atoms with E-state index in [1.807, 2.05) is 18.2 Å². The summed E-state index contributed by atoms with van der Waals surface area (Å²) >= 11 is 0. The number of carbonyl (C=O) groups excluding carboxylic acids is 1. The summed E-state index contributed by atoms with van der Waals surface area (Å²) in [6, 6.07) is 7.99. The number of carbonyl (C=O) groups is 2. The Labute approximate surface area is 123 Å². The fourth-order valence-electron chi connectivity index (χ4n) is 1.72. The van der Waals surface area contributed by atoms with Gasteiger partial charge in [0, 0.05) is 6.61 Å². The number of amides is 1. The first-order chi connectivity index (χ1) is 9.84. The molecule has 0 aliphatic rings. The van der Waals surface area contributed by atoms with Crippen molar-refractivity contribution in [3.8, 4) is 0 Å². The predicted molar refractivity (Wildman–Crippen MR) is 76.7 cm³/mol. The molecule has 1 amide bonds. The molecule has 0 heterocycles. The summed E-state index contributed by atoms with van der Waals surface area (Å²) in [6.07, 6.45) is -0.681. The molecule has 0 saturated carbocycles. The van der Waals surface area contributed by atoms with Crippen LogP contribution in [0.3, 0.4) is 0 Å². The number of alkyl carbamates (subject to hydrolysis) is 1. The molecule has 1 atom stereocenters. The van der Waals surface area contributed by atoms with Gasteiger partial charge in [-0.25, -0.2) is 9.59 Å². The van der Waals surface area contributed by atoms with Crippen molar-refractivity contribution in [2.24, 2.45) is 5.41 Å². The van der Waals surface area contributed by atoms with Crippen molar-refractivity contribution in [3.05, 3.63) is 35.9 Å². The van der Waals surface area contributed by atoms with Crippen LogP contribution in [0.4, 0.5) is 4.79 Å². The van der Waals surface area contributed by atoms with Crippen LogP contribution in [0.2, 0.25) is 0 Å². The number of rotatable bonds is 7. The maximum atomic E-state index is 11.6. The van der Waals surface area contributed by atoms with Gasteiger partial charge in [-0.1, -0.05) is 44.2 Å². The number of aliphatic carboxylic acids is 1. The highest BCUT2D eigenvalue weighted by Gasteiger charge is 2.29. The van der Waals surface area contributed by atoms with Gasteiger partial charge in [-0.2, -0.15) is 0 Å². The van der Waals surface area contributed by atoms with E-state index in [1.54, 1.807) is 26.0 Å². The van der Waals surface area contributed by atoms with E-state index in [2.05, 4.69) is 5.32 Å². The molecule has 1 aromatic carbocycles. The number of nitrogens with one attached hydrogen (secondary N) is 1. The maximum Gasteiger partial charge on any atom is 0.408 e. The molecule has 6 heteroatoms. The van der Waals surface area contributed by atoms with Crippen molar-refractivity contribution < 1.29 is 24.5 Å². The molecule has 1 rings (SSSR count). The van der Waals surface area contributed by atoms with Gasteiger partial charge in [0.1, 0.15) is 12.6 Å². The van der Waals surface area contributed by atoms with Crippen LogP contribution < -0.4 is 5.32 Å². The number of carboxylic acid groups (broad SMARTS) is 1. The van der Waals surface area contributed by atoms with Crippen LogP contribution in [0.25, 0.3) is 0 Å². The van der Waals surface area contributed by atoms with E-state index in [0.717, 1.165) is 5.56 Å². The second-order valence-electron chi connectivity index (χ2n) is 5.62. The summed E-state index contributed by atoms with van der Waals surface area (Å²) in [7, 11) is 0. The number of aliphatic hydroxyl groups excluding tert-OH is 1. The maximum absolute atomic E-state index is 11.6. The molecule has 0 radical (unpaired) electrons. The first-order valence-corrected chi connectivity index (χ1v) is 6.65. The van der Waals surface area contributed by atoms with Gasteiger partial charge in [-0.15, -0.1) is 0 Å². The van der Waals surface area contributed by atoms with Crippen molar-refractivity contribution in [1.82, 2.24) is 5.32 Å². The third-order valence-corrected chi connectivity index (χ3v) is 2.99. The van der Waals surface area contributed by atoms with Crippen molar-refractivity contribution >= 4 is 12.1 Å². The van der Waals surface area contributed by atoms with Crippen LogP contribution >= 0.6 is 0 Å². The quantitative estimate of drug-likeness (QED) is 0.712. The number of ether oxygens (including phenoxy) is 1. The van der Waals surface area contributed by atoms with Crippen LogP contribution in [0.15, 0.2) is 30.3 Å². The van der Waals surface area contributed by atoms with Gasteiger partial charge in [0.05, 0.1) is 0 Å². The summed E-state index contributed by atoms with van der Waals surface area (Å²) in [6.45, 7) is 3.35. The van der Waals surface area contributed by atoms with Crippen LogP contribution in [0, 0.1) is 5.41 Å². The number of carboxylic acids is 1. The first-order valence-electron chi connectivity index (χ1n) is 6.65. The molecule has 3 N–H and O–H groups in total. The number of benzene rings is 1. The van der Waals surface area contributed by atoms with Gasteiger partial charge in [-0.05, 0) is 17.4 Å². The molecule has 0 aliphatic heterocycles. The lowest BCUT2D eigenvalue weighted by Gasteiger charge is -2.25. The molecule has 0 spiro atoms. The summed E-state index contributed by atoms with van der Waals surface area (Å²) in [4.78, 5) is 22.8. The fraction of sp³-hybridized carbons (Fsp3) is 0.467. The van der Waals surface area contributed by atoms with E-state index in [-0.39, 0.29) is 19.6 Å². The predicted octanol–water partition coefficient (Wildman–Crippen LogP) is 1.77. The van der Waals surface area contributed by atoms with Crippen LogP contribution in [-0.4, -0.2) is 34.9 Å². The monoisotopic (exact) mass is 295 g/mol. The molecule has 21 heavy (non-hydrogen) atoms. The van der Waals surface area contributed by atoms with E-state index >= 15 is 0 Å². The van der Waals surface area contributed by atoms with Gasteiger partial charge in [0.15, 0.2) is 0 Å². The standard InChI is InChI=1S/C15H21NO5/c1-15(2,10-17)8-12(13(18)19)16-14(20)21-9-11-6-4-3-5-7-11/h3-7,12,17H,8-10H2,1-2H3,(H,16,20)(H,18,19). The minimum atomic E-state index is -1.16. The third kappa shape index (κ3) is 6.27. The van der Waals surface area contributed by atoms with E-state index < -0.39 is 23.5 Å². The molecule has 0 saturated heterocycles. The molecule has 0 aromatic heterocycles. The van der Waals surface area contributed by atoms with Crippen molar-refractivity contribution in [1.29, 1.82) is 0 Å². The highest BCUT2D eigenvalue weighted by molar-refractivity contribution is 5.79. The van der Waals surface area contributed by atoms with E-state index in [1.165, 1.54) is 0 Å². The molecular formula is C15H21NO5. The third-order valence-electron chi connectivity index (χ3n) is 2.99. The SMILES string of the molecule is CC(C)(CO)CC(NC(=O)OCc1ccccc1)C(=O)O. The summed E-state index contributed by atoms with van der Waals surface area (Å²) < 4.78 is 4.98. The highest BCUT2D eigenvalue weighted by atomic mass is 16.5. The molecule has 116 valence electrons. The second-order valence-corrected chi connectivity index (χ2v) is 5.62. The Morgan fingerprint density at radius 2 is 1.90 bits per heavy atom. The smallest absolute Gasteiger partial charge is 0.408 e. The lowest BCUT2D eigenvalue weighted by molar-refractivity contribution is -0.140. The normalized spacial score (nSPS) is 12.5. The summed E-state index contributed by atoms with van der Waals surface area (Å²) in [5, 5.41) is 20.6. The average Bonchev–Trinajstić information content (AvgIpc) is 2.45. The Balaban J connectivity index is 2.51. The molecular weight excluding hydrogens is 274 g/mol. The van der Waals surface area contributed by atoms with Crippen molar-refractivity contribution in [3.63, 3.8) is 0 Å². The molecule has 1 aromatic rings. The Bertz CT molecular complexity index is 472. The van der Waals surface area contributed by atoms with Crippen LogP contribution in [0.5, 0.6) is 0 Å². The Morgan fingerprint density at radius 3 is 2.43 bits per heavy atom. The van der Waals surface area contributed by atoms with E-state index in [9.17, 15) is 14.7 Å². The zero-order valence-electron chi connectivity index (χ0n) is 12.2. The highest BCUT2D eigenvalue weighted by Crippen LogP contribution is 2.21. The van der Waals surface area contributed by atoms with Crippen molar-refractivity contribution in [2.45, 2.75) is 32.9 Å². The Hall–Kier alpha value is -2.08. The van der Waals surface area contributed by atoms with Crippen molar-refractivity contribution in [2.75, 3.05) is 6.61 Å².